The van der Waals surface area contributed by atoms with Crippen molar-refractivity contribution in [3.05, 3.63) is 95.2 Å². The third kappa shape index (κ3) is 3.94. The number of nitrogens with one attached hydrogen (secondary N) is 2. The maximum Gasteiger partial charge on any atom is 0.420 e. The molecule has 192 valence electrons. The molecule has 0 fully saturated rings. The number of aromatic amines is 1. The Bertz CT molecular complexity index is 1480. The lowest BCUT2D eigenvalue weighted by Gasteiger charge is -2.45. The number of carbonyl (C=O) groups excluding carboxylic acids is 1. The molecule has 1 aliphatic rings. The van der Waals surface area contributed by atoms with Gasteiger partial charge in [-0.2, -0.15) is 26.3 Å². The molecule has 0 spiro atoms. The van der Waals surface area contributed by atoms with E-state index in [0.29, 0.717) is 29.0 Å². The van der Waals surface area contributed by atoms with Gasteiger partial charge in [0.2, 0.25) is 0 Å². The van der Waals surface area contributed by atoms with E-state index in [-0.39, 0.29) is 17.6 Å². The summed E-state index contributed by atoms with van der Waals surface area (Å²) in [7, 11) is 1.46. The zero-order chi connectivity index (χ0) is 26.6. The van der Waals surface area contributed by atoms with E-state index < -0.39 is 40.6 Å². The number of amides is 2. The molecule has 3 aromatic carbocycles. The second-order valence-electron chi connectivity index (χ2n) is 8.59. The summed E-state index contributed by atoms with van der Waals surface area (Å²) < 4.78 is 91.4. The average Bonchev–Trinajstić information content (AvgIpc) is 3.29. The minimum absolute atomic E-state index is 0.118. The number of para-hydroxylation sites is 1. The van der Waals surface area contributed by atoms with Crippen LogP contribution in [-0.2, 0) is 18.3 Å². The van der Waals surface area contributed by atoms with Gasteiger partial charge in [0.25, 0.3) is 0 Å². The van der Waals surface area contributed by atoms with Crippen LogP contribution < -0.4 is 15.0 Å². The van der Waals surface area contributed by atoms with Crippen LogP contribution in [0, 0.1) is 0 Å². The molecule has 0 unspecified atom stereocenters. The topological polar surface area (TPSA) is 57.4 Å². The van der Waals surface area contributed by atoms with Crippen LogP contribution in [-0.4, -0.2) is 24.3 Å². The Morgan fingerprint density at radius 3 is 2.27 bits per heavy atom. The highest BCUT2D eigenvalue weighted by Crippen LogP contribution is 2.52. The number of fused-ring (bicyclic) bond motifs is 2. The minimum Gasteiger partial charge on any atom is -0.497 e. The molecular weight excluding hydrogens is 500 g/mol. The molecule has 2 amide bonds. The largest absolute Gasteiger partial charge is 0.497 e. The van der Waals surface area contributed by atoms with Gasteiger partial charge in [-0.25, -0.2) is 4.79 Å². The summed E-state index contributed by atoms with van der Waals surface area (Å²) >= 11 is 0. The van der Waals surface area contributed by atoms with Crippen molar-refractivity contribution in [1.82, 2.24) is 10.3 Å². The normalized spacial score (nSPS) is 18.0. The van der Waals surface area contributed by atoms with E-state index in [1.807, 2.05) is 5.32 Å². The van der Waals surface area contributed by atoms with Crippen LogP contribution in [0.3, 0.4) is 0 Å². The van der Waals surface area contributed by atoms with E-state index in [1.165, 1.54) is 25.3 Å². The summed E-state index contributed by atoms with van der Waals surface area (Å²) in [4.78, 5) is 17.0. The zero-order valence-electron chi connectivity index (χ0n) is 19.2. The lowest BCUT2D eigenvalue weighted by Crippen LogP contribution is -2.63. The number of carbonyl (C=O) groups is 1. The van der Waals surface area contributed by atoms with Crippen LogP contribution in [0.5, 0.6) is 5.75 Å². The minimum atomic E-state index is -5.20. The lowest BCUT2D eigenvalue weighted by molar-refractivity contribution is -0.184. The number of H-pyrrole nitrogens is 1. The first-order valence-corrected chi connectivity index (χ1v) is 11.0. The second kappa shape index (κ2) is 8.46. The van der Waals surface area contributed by atoms with Gasteiger partial charge in [0.05, 0.1) is 24.9 Å². The molecule has 1 atom stereocenters. The van der Waals surface area contributed by atoms with Gasteiger partial charge in [0.1, 0.15) is 5.75 Å². The molecule has 0 saturated carbocycles. The molecule has 0 saturated heterocycles. The molecule has 2 heterocycles. The van der Waals surface area contributed by atoms with E-state index in [1.54, 1.807) is 30.3 Å². The molecule has 0 bridgehead atoms. The summed E-state index contributed by atoms with van der Waals surface area (Å²) in [5.41, 5.74) is -5.05. The van der Waals surface area contributed by atoms with E-state index in [0.717, 1.165) is 17.2 Å². The number of urea groups is 1. The number of rotatable bonds is 4. The van der Waals surface area contributed by atoms with Crippen molar-refractivity contribution in [3.63, 3.8) is 0 Å². The van der Waals surface area contributed by atoms with Crippen molar-refractivity contribution in [2.45, 2.75) is 24.4 Å². The highest BCUT2D eigenvalue weighted by molar-refractivity contribution is 5.98. The first-order chi connectivity index (χ1) is 17.5. The number of methoxy groups -OCH3 is 1. The van der Waals surface area contributed by atoms with Gasteiger partial charge in [-0.05, 0) is 42.0 Å². The maximum atomic E-state index is 15.1. The van der Waals surface area contributed by atoms with Gasteiger partial charge in [-0.3, -0.25) is 4.90 Å². The number of aromatic nitrogens is 1. The molecule has 2 N–H and O–H groups in total. The smallest absolute Gasteiger partial charge is 0.420 e. The van der Waals surface area contributed by atoms with Gasteiger partial charge < -0.3 is 15.0 Å². The molecule has 0 aliphatic carbocycles. The number of alkyl halides is 6. The van der Waals surface area contributed by atoms with Crippen molar-refractivity contribution in [2.75, 3.05) is 12.0 Å². The summed E-state index contributed by atoms with van der Waals surface area (Å²) in [6.07, 6.45) is -9.03. The molecule has 11 heteroatoms. The van der Waals surface area contributed by atoms with Crippen LogP contribution in [0.2, 0.25) is 0 Å². The van der Waals surface area contributed by atoms with Gasteiger partial charge in [-0.1, -0.05) is 30.3 Å². The Kier molecular flexibility index (Phi) is 5.61. The van der Waals surface area contributed by atoms with E-state index in [9.17, 15) is 18.0 Å². The quantitative estimate of drug-likeness (QED) is 0.294. The monoisotopic (exact) mass is 519 g/mol. The number of anilines is 1. The van der Waals surface area contributed by atoms with Crippen molar-refractivity contribution < 1.29 is 35.9 Å². The number of hydrogen-bond acceptors (Lipinski definition) is 2. The molecule has 37 heavy (non-hydrogen) atoms. The molecule has 1 aromatic heterocycles. The predicted molar refractivity (Wildman–Crippen MR) is 124 cm³/mol. The van der Waals surface area contributed by atoms with Gasteiger partial charge in [0, 0.05) is 28.2 Å². The summed E-state index contributed by atoms with van der Waals surface area (Å²) in [5, 5.41) is 2.16. The third-order valence-corrected chi connectivity index (χ3v) is 6.48. The molecular formula is C26H19F6N3O2. The number of hydrogen-bond donors (Lipinski definition) is 2. The fraction of sp³-hybridized carbons (Fsp3) is 0.192. The maximum absolute atomic E-state index is 15.1. The van der Waals surface area contributed by atoms with Crippen LogP contribution in [0.15, 0.2) is 72.9 Å². The standard InChI is InChI=1S/C26H19F6N3O2/c1-37-17-9-6-15(7-10-17)14-35-22-11-8-16(25(27,28)29)12-19(22)24(26(30,31)32,34-23(35)36)20-13-33-21-5-3-2-4-18(20)21/h2-13,33H,14H2,1H3,(H,34,36)/t24-/m1/s1. The van der Waals surface area contributed by atoms with Crippen LogP contribution in [0.4, 0.5) is 36.8 Å². The van der Waals surface area contributed by atoms with E-state index in [4.69, 9.17) is 4.74 Å². The van der Waals surface area contributed by atoms with Crippen LogP contribution in [0.25, 0.3) is 10.9 Å². The Balaban J connectivity index is 1.76. The van der Waals surface area contributed by atoms with E-state index in [2.05, 4.69) is 4.98 Å². The van der Waals surface area contributed by atoms with Crippen molar-refractivity contribution in [2.24, 2.45) is 0 Å². The van der Waals surface area contributed by atoms with Gasteiger partial charge in [0.15, 0.2) is 5.54 Å². The summed E-state index contributed by atoms with van der Waals surface area (Å²) in [6, 6.07) is 13.5. The SMILES string of the molecule is COc1ccc(CN2C(=O)N[C@](c3c[nH]c4ccccc34)(C(F)(F)F)c3cc(C(F)(F)F)ccc32)cc1. The second-order valence-corrected chi connectivity index (χ2v) is 8.59. The van der Waals surface area contributed by atoms with Crippen LogP contribution >= 0.6 is 0 Å². The fourth-order valence-corrected chi connectivity index (χ4v) is 4.69. The van der Waals surface area contributed by atoms with Crippen molar-refractivity contribution in [3.8, 4) is 5.75 Å². The molecule has 5 rings (SSSR count). The predicted octanol–water partition coefficient (Wildman–Crippen LogP) is 6.73. The van der Waals surface area contributed by atoms with Gasteiger partial charge in [-0.15, -0.1) is 0 Å². The number of benzene rings is 3. The van der Waals surface area contributed by atoms with Crippen molar-refractivity contribution >= 4 is 22.6 Å². The Hall–Kier alpha value is -4.15. The Morgan fingerprint density at radius 2 is 1.62 bits per heavy atom. The Labute approximate surface area is 206 Å². The number of halogens is 6. The highest BCUT2D eigenvalue weighted by atomic mass is 19.4. The lowest BCUT2D eigenvalue weighted by atomic mass is 9.78. The number of nitrogens with zero attached hydrogens (tertiary/aromatic N) is 1. The van der Waals surface area contributed by atoms with Crippen molar-refractivity contribution in [1.29, 1.82) is 0 Å². The summed E-state index contributed by atoms with van der Waals surface area (Å²) in [5.74, 6) is 0.525. The van der Waals surface area contributed by atoms with Gasteiger partial charge >= 0.3 is 18.4 Å². The van der Waals surface area contributed by atoms with E-state index >= 15 is 13.2 Å². The fourth-order valence-electron chi connectivity index (χ4n) is 4.69. The molecule has 5 nitrogen and oxygen atoms in total. The summed E-state index contributed by atoms with van der Waals surface area (Å²) in [6.45, 7) is -0.185. The highest BCUT2D eigenvalue weighted by Gasteiger charge is 2.63. The molecule has 1 aliphatic heterocycles. The third-order valence-electron chi connectivity index (χ3n) is 6.48. The number of ether oxygens (including phenoxy) is 1. The van der Waals surface area contributed by atoms with Crippen LogP contribution in [0.1, 0.15) is 22.3 Å². The molecule has 4 aromatic rings. The Morgan fingerprint density at radius 1 is 0.919 bits per heavy atom. The zero-order valence-corrected chi connectivity index (χ0v) is 19.2. The average molecular weight is 519 g/mol. The first kappa shape index (κ1) is 24.5. The molecule has 0 radical (unpaired) electrons. The first-order valence-electron chi connectivity index (χ1n) is 11.0.